The van der Waals surface area contributed by atoms with Crippen LogP contribution in [0.2, 0.25) is 0 Å². The molecule has 0 N–H and O–H groups in total. The molecule has 4 aromatic rings. The third-order valence-corrected chi connectivity index (χ3v) is 5.39. The Morgan fingerprint density at radius 2 is 1.62 bits per heavy atom. The van der Waals surface area contributed by atoms with Gasteiger partial charge in [0.1, 0.15) is 35.4 Å². The fraction of sp³-hybridized carbons (Fsp3) is 0.160. The summed E-state index contributed by atoms with van der Waals surface area (Å²) >= 11 is 0. The zero-order valence-electron chi connectivity index (χ0n) is 17.4. The molecular weight excluding hydrogens is 404 g/mol. The highest BCUT2D eigenvalue weighted by molar-refractivity contribution is 5.81. The van der Waals surface area contributed by atoms with Crippen molar-refractivity contribution in [1.29, 1.82) is 0 Å². The number of likely N-dealkylation sites (tertiary alicyclic amines) is 1. The number of carbonyl (C=O) groups excluding carboxylic acids is 1. The van der Waals surface area contributed by atoms with Crippen molar-refractivity contribution in [2.75, 3.05) is 19.6 Å². The van der Waals surface area contributed by atoms with Crippen molar-refractivity contribution in [3.63, 3.8) is 0 Å². The maximum atomic E-state index is 10.4. The van der Waals surface area contributed by atoms with Gasteiger partial charge in [0.2, 0.25) is 5.88 Å². The van der Waals surface area contributed by atoms with Gasteiger partial charge in [-0.25, -0.2) is 4.98 Å². The largest absolute Gasteiger partial charge is 0.457 e. The minimum absolute atomic E-state index is 0.312. The third-order valence-electron chi connectivity index (χ3n) is 5.39. The molecule has 0 unspecified atom stereocenters. The number of nitrogens with zero attached hydrogens (tertiary/aromatic N) is 4. The van der Waals surface area contributed by atoms with Crippen LogP contribution >= 0.6 is 0 Å². The number of aldehydes is 1. The monoisotopic (exact) mass is 426 g/mol. The summed E-state index contributed by atoms with van der Waals surface area (Å²) in [6, 6.07) is 19.4. The second kappa shape index (κ2) is 9.03. The van der Waals surface area contributed by atoms with Crippen LogP contribution in [0.1, 0.15) is 6.04 Å². The SMILES string of the molecule is O=C/C=C/CN1CC(n2ccc3ncnc(Oc4ccc(Oc5ccccc5)cc4)c32)C1. The fourth-order valence-electron chi connectivity index (χ4n) is 3.79. The molecule has 1 aliphatic heterocycles. The molecule has 0 radical (unpaired) electrons. The van der Waals surface area contributed by atoms with Crippen LogP contribution in [0.5, 0.6) is 23.1 Å². The number of fused-ring (bicyclic) bond motifs is 1. The van der Waals surface area contributed by atoms with Gasteiger partial charge in [-0.2, -0.15) is 4.98 Å². The molecular formula is C25H22N4O3. The number of hydrogen-bond donors (Lipinski definition) is 0. The van der Waals surface area contributed by atoms with Crippen molar-refractivity contribution >= 4 is 17.3 Å². The summed E-state index contributed by atoms with van der Waals surface area (Å²) in [4.78, 5) is 21.5. The minimum atomic E-state index is 0.312. The average molecular weight is 426 g/mol. The second-order valence-electron chi connectivity index (χ2n) is 7.56. The van der Waals surface area contributed by atoms with Gasteiger partial charge in [0.05, 0.1) is 11.6 Å². The van der Waals surface area contributed by atoms with Crippen molar-refractivity contribution < 1.29 is 14.3 Å². The van der Waals surface area contributed by atoms with E-state index in [1.54, 1.807) is 0 Å². The van der Waals surface area contributed by atoms with E-state index >= 15 is 0 Å². The molecule has 3 heterocycles. The maximum Gasteiger partial charge on any atom is 0.247 e. The zero-order chi connectivity index (χ0) is 21.8. The highest BCUT2D eigenvalue weighted by atomic mass is 16.5. The van der Waals surface area contributed by atoms with Gasteiger partial charge in [-0.15, -0.1) is 0 Å². The quantitative estimate of drug-likeness (QED) is 0.302. The van der Waals surface area contributed by atoms with Gasteiger partial charge >= 0.3 is 0 Å². The molecule has 160 valence electrons. The van der Waals surface area contributed by atoms with Crippen molar-refractivity contribution in [3.05, 3.63) is 85.3 Å². The molecule has 0 bridgehead atoms. The molecule has 1 saturated heterocycles. The molecule has 0 saturated carbocycles. The van der Waals surface area contributed by atoms with Crippen LogP contribution in [-0.4, -0.2) is 45.4 Å². The van der Waals surface area contributed by atoms with E-state index in [1.807, 2.05) is 72.9 Å². The normalized spacial score (nSPS) is 14.5. The van der Waals surface area contributed by atoms with Crippen molar-refractivity contribution in [2.24, 2.45) is 0 Å². The molecule has 7 nitrogen and oxygen atoms in total. The summed E-state index contributed by atoms with van der Waals surface area (Å²) in [7, 11) is 0. The van der Waals surface area contributed by atoms with Gasteiger partial charge < -0.3 is 14.0 Å². The van der Waals surface area contributed by atoms with Crippen LogP contribution in [0, 0.1) is 0 Å². The number of rotatable bonds is 8. The van der Waals surface area contributed by atoms with Crippen LogP contribution in [0.25, 0.3) is 11.0 Å². The van der Waals surface area contributed by atoms with E-state index in [1.165, 1.54) is 12.4 Å². The van der Waals surface area contributed by atoms with E-state index in [2.05, 4.69) is 19.4 Å². The van der Waals surface area contributed by atoms with Gasteiger partial charge in [-0.05, 0) is 48.5 Å². The van der Waals surface area contributed by atoms with E-state index in [0.29, 0.717) is 17.7 Å². The Labute approximate surface area is 185 Å². The molecule has 7 heteroatoms. The Bertz CT molecular complexity index is 1230. The van der Waals surface area contributed by atoms with Gasteiger partial charge in [-0.3, -0.25) is 9.69 Å². The summed E-state index contributed by atoms with van der Waals surface area (Å²) in [6.07, 6.45) is 7.77. The van der Waals surface area contributed by atoms with E-state index in [-0.39, 0.29) is 0 Å². The number of ether oxygens (including phenoxy) is 2. The molecule has 0 aliphatic carbocycles. The number of carbonyl (C=O) groups is 1. The molecule has 2 aromatic heterocycles. The molecule has 5 rings (SSSR count). The lowest BCUT2D eigenvalue weighted by atomic mass is 10.1. The number of allylic oxidation sites excluding steroid dienone is 1. The van der Waals surface area contributed by atoms with Gasteiger partial charge in [0.15, 0.2) is 0 Å². The van der Waals surface area contributed by atoms with Gasteiger partial charge in [0.25, 0.3) is 0 Å². The second-order valence-corrected chi connectivity index (χ2v) is 7.56. The molecule has 0 amide bonds. The fourth-order valence-corrected chi connectivity index (χ4v) is 3.79. The Kier molecular flexibility index (Phi) is 5.63. The molecule has 0 atom stereocenters. The first kappa shape index (κ1) is 20.0. The lowest BCUT2D eigenvalue weighted by molar-refractivity contribution is -0.104. The summed E-state index contributed by atoms with van der Waals surface area (Å²) in [5.41, 5.74) is 1.73. The first-order valence-corrected chi connectivity index (χ1v) is 10.4. The van der Waals surface area contributed by atoms with Crippen LogP contribution in [0.15, 0.2) is 85.3 Å². The van der Waals surface area contributed by atoms with Gasteiger partial charge in [-0.1, -0.05) is 24.3 Å². The minimum Gasteiger partial charge on any atom is -0.457 e. The average Bonchev–Trinajstić information content (AvgIpc) is 3.22. The summed E-state index contributed by atoms with van der Waals surface area (Å²) in [5, 5.41) is 0. The number of aromatic nitrogens is 3. The molecule has 1 aliphatic rings. The Balaban J connectivity index is 1.31. The predicted octanol–water partition coefficient (Wildman–Crippen LogP) is 4.63. The number of hydrogen-bond acceptors (Lipinski definition) is 6. The molecule has 1 fully saturated rings. The first-order chi connectivity index (χ1) is 15.8. The lowest BCUT2D eigenvalue weighted by Gasteiger charge is -2.39. The molecule has 2 aromatic carbocycles. The standard InChI is InChI=1S/C25H22N4O3/c30-15-5-4-13-28-16-19(17-28)29-14-12-23-24(29)25(27-18-26-23)32-22-10-8-21(9-11-22)31-20-6-2-1-3-7-20/h1-12,14-15,18-19H,13,16-17H2/b5-4+. The van der Waals surface area contributed by atoms with E-state index in [0.717, 1.165) is 48.5 Å². The van der Waals surface area contributed by atoms with E-state index in [4.69, 9.17) is 9.47 Å². The van der Waals surface area contributed by atoms with Crippen LogP contribution < -0.4 is 9.47 Å². The highest BCUT2D eigenvalue weighted by Crippen LogP contribution is 2.33. The summed E-state index contributed by atoms with van der Waals surface area (Å²) in [6.45, 7) is 2.56. The smallest absolute Gasteiger partial charge is 0.247 e. The predicted molar refractivity (Wildman–Crippen MR) is 121 cm³/mol. The Morgan fingerprint density at radius 3 is 2.38 bits per heavy atom. The molecule has 0 spiro atoms. The topological polar surface area (TPSA) is 69.5 Å². The zero-order valence-corrected chi connectivity index (χ0v) is 17.4. The number of para-hydroxylation sites is 1. The summed E-state index contributed by atoms with van der Waals surface area (Å²) < 4.78 is 14.2. The third kappa shape index (κ3) is 4.24. The first-order valence-electron chi connectivity index (χ1n) is 10.4. The van der Waals surface area contributed by atoms with Crippen LogP contribution in [0.4, 0.5) is 0 Å². The van der Waals surface area contributed by atoms with Crippen molar-refractivity contribution in [2.45, 2.75) is 6.04 Å². The highest BCUT2D eigenvalue weighted by Gasteiger charge is 2.29. The van der Waals surface area contributed by atoms with E-state index in [9.17, 15) is 4.79 Å². The number of benzene rings is 2. The van der Waals surface area contributed by atoms with Crippen LogP contribution in [0.3, 0.4) is 0 Å². The van der Waals surface area contributed by atoms with Crippen molar-refractivity contribution in [3.8, 4) is 23.1 Å². The maximum absolute atomic E-state index is 10.4. The lowest BCUT2D eigenvalue weighted by Crippen LogP contribution is -2.47. The van der Waals surface area contributed by atoms with Crippen LogP contribution in [-0.2, 0) is 4.79 Å². The van der Waals surface area contributed by atoms with Gasteiger partial charge in [0, 0.05) is 25.8 Å². The summed E-state index contributed by atoms with van der Waals surface area (Å²) in [5.74, 6) is 2.72. The Hall–Kier alpha value is -3.97. The van der Waals surface area contributed by atoms with E-state index < -0.39 is 0 Å². The Morgan fingerprint density at radius 1 is 0.906 bits per heavy atom. The van der Waals surface area contributed by atoms with Crippen molar-refractivity contribution in [1.82, 2.24) is 19.4 Å². The molecule has 32 heavy (non-hydrogen) atoms.